The van der Waals surface area contributed by atoms with E-state index in [0.29, 0.717) is 29.5 Å². The summed E-state index contributed by atoms with van der Waals surface area (Å²) in [4.78, 5) is 10.7. The maximum atomic E-state index is 13.8. The number of aryl methyl sites for hydroxylation is 1. The summed E-state index contributed by atoms with van der Waals surface area (Å²) in [5.74, 6) is 0.194. The number of nitrogens with one attached hydrogen (secondary N) is 2. The first-order chi connectivity index (χ1) is 15.9. The van der Waals surface area contributed by atoms with Crippen LogP contribution in [0.1, 0.15) is 40.7 Å². The Morgan fingerprint density at radius 1 is 1.24 bits per heavy atom. The average molecular weight is 441 g/mol. The lowest BCUT2D eigenvalue weighted by Crippen LogP contribution is -2.30. The molecule has 1 fully saturated rings. The summed E-state index contributed by atoms with van der Waals surface area (Å²) >= 11 is 0. The third-order valence-corrected chi connectivity index (χ3v) is 6.10. The lowest BCUT2D eigenvalue weighted by atomic mass is 9.94. The van der Waals surface area contributed by atoms with E-state index >= 15 is 0 Å². The first kappa shape index (κ1) is 20.9. The van der Waals surface area contributed by atoms with Crippen LogP contribution in [0.5, 0.6) is 0 Å². The number of nitrogens with two attached hydrogens (primary N) is 1. The first-order valence-corrected chi connectivity index (χ1v) is 10.9. The van der Waals surface area contributed by atoms with Gasteiger partial charge in [0, 0.05) is 28.6 Å². The van der Waals surface area contributed by atoms with Gasteiger partial charge in [0.2, 0.25) is 0 Å². The second-order valence-electron chi connectivity index (χ2n) is 8.44. The van der Waals surface area contributed by atoms with Gasteiger partial charge in [-0.1, -0.05) is 36.9 Å². The second-order valence-corrected chi connectivity index (χ2v) is 8.44. The fourth-order valence-corrected chi connectivity index (χ4v) is 4.41. The highest BCUT2D eigenvalue weighted by atomic mass is 19.1. The van der Waals surface area contributed by atoms with E-state index in [9.17, 15) is 4.39 Å². The summed E-state index contributed by atoms with van der Waals surface area (Å²) < 4.78 is 13.8. The van der Waals surface area contributed by atoms with Crippen molar-refractivity contribution in [2.75, 3.05) is 17.6 Å². The van der Waals surface area contributed by atoms with Crippen LogP contribution >= 0.6 is 0 Å². The van der Waals surface area contributed by atoms with Crippen molar-refractivity contribution in [2.45, 2.75) is 25.8 Å². The van der Waals surface area contributed by atoms with Crippen molar-refractivity contribution in [1.82, 2.24) is 14.9 Å². The molecule has 1 aliphatic heterocycles. The number of nitrogen functional groups attached to an aromatic ring is 1. The number of anilines is 2. The predicted molar refractivity (Wildman–Crippen MR) is 130 cm³/mol. The van der Waals surface area contributed by atoms with Gasteiger partial charge in [0.05, 0.1) is 17.8 Å². The highest BCUT2D eigenvalue weighted by Gasteiger charge is 2.35. The Labute approximate surface area is 192 Å². The quantitative estimate of drug-likeness (QED) is 0.478. The molecule has 2 aliphatic rings. The monoisotopic (exact) mass is 440 g/mol. The molecule has 1 saturated carbocycles. The molecule has 1 aliphatic carbocycles. The van der Waals surface area contributed by atoms with Crippen LogP contribution in [-0.2, 0) is 0 Å². The van der Waals surface area contributed by atoms with Crippen LogP contribution in [0.2, 0.25) is 0 Å². The van der Waals surface area contributed by atoms with E-state index in [1.165, 1.54) is 29.6 Å². The summed E-state index contributed by atoms with van der Waals surface area (Å²) in [5.41, 5.74) is 12.6. The normalized spacial score (nSPS) is 15.2. The molecule has 3 aromatic rings. The van der Waals surface area contributed by atoms with E-state index in [-0.39, 0.29) is 11.5 Å². The van der Waals surface area contributed by atoms with Crippen molar-refractivity contribution in [2.24, 2.45) is 0 Å². The van der Waals surface area contributed by atoms with Gasteiger partial charge in [-0.2, -0.15) is 0 Å². The van der Waals surface area contributed by atoms with Gasteiger partial charge in [0.25, 0.3) is 0 Å². The molecule has 6 nitrogen and oxygen atoms in total. The molecule has 4 N–H and O–H groups in total. The van der Waals surface area contributed by atoms with Gasteiger partial charge in [-0.25, -0.2) is 14.4 Å². The molecule has 166 valence electrons. The molecule has 2 aromatic carbocycles. The fourth-order valence-electron chi connectivity index (χ4n) is 4.41. The molecule has 2 heterocycles. The number of halogens is 1. The summed E-state index contributed by atoms with van der Waals surface area (Å²) in [6, 6.07) is 12.6. The van der Waals surface area contributed by atoms with Gasteiger partial charge in [-0.05, 0) is 49.1 Å². The minimum absolute atomic E-state index is 0.0668. The Morgan fingerprint density at radius 3 is 2.79 bits per heavy atom. The Bertz CT molecular complexity index is 1310. The molecular weight excluding hydrogens is 415 g/mol. The number of benzene rings is 2. The van der Waals surface area contributed by atoms with Gasteiger partial charge in [-0.3, -0.25) is 5.41 Å². The lowest BCUT2D eigenvalue weighted by Gasteiger charge is -2.35. The van der Waals surface area contributed by atoms with Gasteiger partial charge in [0.15, 0.2) is 0 Å². The van der Waals surface area contributed by atoms with Crippen LogP contribution in [0.15, 0.2) is 61.1 Å². The highest BCUT2D eigenvalue weighted by Crippen LogP contribution is 2.42. The molecule has 0 spiro atoms. The van der Waals surface area contributed by atoms with Crippen LogP contribution in [-0.4, -0.2) is 33.2 Å². The Hall–Kier alpha value is -4.00. The fraction of sp³-hybridized carbons (Fsp3) is 0.192. The van der Waals surface area contributed by atoms with Gasteiger partial charge in [-0.15, -0.1) is 0 Å². The van der Waals surface area contributed by atoms with E-state index in [0.717, 1.165) is 29.8 Å². The standard InChI is InChI=1S/C26H25FN6/c1-15-5-3-6-17-12-21(33(20-9-10-20)16(2)22(15)17)13-30-26-23(25(29)31-14-32-26)24(28)18-7-4-8-19(27)11-18/h3-8,11-12,14,20,28H,2,9-10,13H2,1H3,(H3,29,30,31,32). The average Bonchev–Trinajstić information content (AvgIpc) is 3.62. The molecule has 0 unspecified atom stereocenters. The van der Waals surface area contributed by atoms with Gasteiger partial charge >= 0.3 is 0 Å². The minimum Gasteiger partial charge on any atom is -0.383 e. The van der Waals surface area contributed by atoms with E-state index in [4.69, 9.17) is 11.1 Å². The number of hydrogen-bond donors (Lipinski definition) is 3. The smallest absolute Gasteiger partial charge is 0.141 e. The maximum Gasteiger partial charge on any atom is 0.141 e. The van der Waals surface area contributed by atoms with Crippen molar-refractivity contribution in [1.29, 1.82) is 5.41 Å². The molecule has 7 heteroatoms. The molecule has 0 radical (unpaired) electrons. The molecule has 5 rings (SSSR count). The molecule has 0 bridgehead atoms. The zero-order chi connectivity index (χ0) is 23.1. The number of hydrogen-bond acceptors (Lipinski definition) is 6. The van der Waals surface area contributed by atoms with Crippen molar-refractivity contribution >= 4 is 29.1 Å². The largest absolute Gasteiger partial charge is 0.383 e. The minimum atomic E-state index is -0.415. The molecule has 33 heavy (non-hydrogen) atoms. The Morgan fingerprint density at radius 2 is 2.03 bits per heavy atom. The van der Waals surface area contributed by atoms with Crippen LogP contribution in [0, 0.1) is 18.2 Å². The van der Waals surface area contributed by atoms with E-state index in [2.05, 4.69) is 58.0 Å². The summed E-state index contributed by atoms with van der Waals surface area (Å²) in [5, 5.41) is 12.0. The highest BCUT2D eigenvalue weighted by molar-refractivity contribution is 6.16. The Balaban J connectivity index is 1.48. The van der Waals surface area contributed by atoms with Crippen LogP contribution in [0.4, 0.5) is 16.0 Å². The summed E-state index contributed by atoms with van der Waals surface area (Å²) in [6.07, 6.45) is 5.82. The molecule has 0 atom stereocenters. The van der Waals surface area contributed by atoms with E-state index in [1.54, 1.807) is 12.1 Å². The van der Waals surface area contributed by atoms with Crippen LogP contribution in [0.3, 0.4) is 0 Å². The number of fused-ring (bicyclic) bond motifs is 1. The SMILES string of the molecule is C=C1c2c(C)cccc2C=C(CNc2ncnc(N)c2C(=N)c2cccc(F)c2)N1C1CC1. The van der Waals surface area contributed by atoms with E-state index in [1.807, 2.05) is 0 Å². The predicted octanol–water partition coefficient (Wildman–Crippen LogP) is 4.82. The summed E-state index contributed by atoms with van der Waals surface area (Å²) in [6.45, 7) is 7.00. The second kappa shape index (κ2) is 8.16. The lowest BCUT2D eigenvalue weighted by molar-refractivity contribution is 0.475. The van der Waals surface area contributed by atoms with Crippen molar-refractivity contribution in [3.05, 3.63) is 94.7 Å². The molecule has 0 amide bonds. The first-order valence-electron chi connectivity index (χ1n) is 10.9. The number of aromatic nitrogens is 2. The zero-order valence-corrected chi connectivity index (χ0v) is 18.4. The molecular formula is C26H25FN6. The maximum absolute atomic E-state index is 13.8. The van der Waals surface area contributed by atoms with E-state index < -0.39 is 5.82 Å². The van der Waals surface area contributed by atoms with Crippen molar-refractivity contribution in [3.8, 4) is 0 Å². The number of nitrogens with zero attached hydrogens (tertiary/aromatic N) is 3. The van der Waals surface area contributed by atoms with Crippen LogP contribution in [0.25, 0.3) is 11.8 Å². The number of rotatable bonds is 6. The molecule has 0 saturated heterocycles. The van der Waals surface area contributed by atoms with Crippen LogP contribution < -0.4 is 11.1 Å². The van der Waals surface area contributed by atoms with Crippen molar-refractivity contribution in [3.63, 3.8) is 0 Å². The van der Waals surface area contributed by atoms with Gasteiger partial charge in [0.1, 0.15) is 23.8 Å². The Kier molecular flexibility index (Phi) is 5.17. The summed E-state index contributed by atoms with van der Waals surface area (Å²) in [7, 11) is 0. The third kappa shape index (κ3) is 3.86. The van der Waals surface area contributed by atoms with Gasteiger partial charge < -0.3 is 16.0 Å². The third-order valence-electron chi connectivity index (χ3n) is 6.10. The topological polar surface area (TPSA) is 90.9 Å². The van der Waals surface area contributed by atoms with Crippen molar-refractivity contribution < 1.29 is 4.39 Å². The molecule has 1 aromatic heterocycles. The zero-order valence-electron chi connectivity index (χ0n) is 18.4.